The lowest BCUT2D eigenvalue weighted by Gasteiger charge is -2.34. The van der Waals surface area contributed by atoms with Crippen molar-refractivity contribution in [2.75, 3.05) is 31.7 Å². The van der Waals surface area contributed by atoms with Crippen LogP contribution in [0.4, 0.5) is 5.69 Å². The molecule has 0 aliphatic carbocycles. The van der Waals surface area contributed by atoms with Crippen molar-refractivity contribution in [2.45, 2.75) is 32.2 Å². The fourth-order valence-electron chi connectivity index (χ4n) is 4.72. The predicted molar refractivity (Wildman–Crippen MR) is 129 cm³/mol. The first-order chi connectivity index (χ1) is 15.1. The molecule has 0 radical (unpaired) electrons. The molecule has 0 spiro atoms. The summed E-state index contributed by atoms with van der Waals surface area (Å²) >= 11 is 1.72. The fourth-order valence-corrected chi connectivity index (χ4v) is 5.47. The Bertz CT molecular complexity index is 1000. The van der Waals surface area contributed by atoms with Gasteiger partial charge < -0.3 is 4.90 Å². The average Bonchev–Trinajstić information content (AvgIpc) is 3.39. The smallest absolute Gasteiger partial charge is 0.256 e. The summed E-state index contributed by atoms with van der Waals surface area (Å²) in [6, 6.07) is 22.8. The number of nitrogens with zero attached hydrogens (tertiary/aromatic N) is 3. The number of carbonyl (C=O) groups excluding carboxylic acids is 1. The van der Waals surface area contributed by atoms with Crippen LogP contribution in [0.5, 0.6) is 0 Å². The number of rotatable bonds is 9. The van der Waals surface area contributed by atoms with Crippen molar-refractivity contribution in [3.05, 3.63) is 88.1 Å². The molecule has 5 heteroatoms. The second-order valence-corrected chi connectivity index (χ2v) is 9.11. The van der Waals surface area contributed by atoms with Crippen LogP contribution in [-0.4, -0.2) is 42.5 Å². The minimum absolute atomic E-state index is 0.145. The molecule has 0 saturated carbocycles. The van der Waals surface area contributed by atoms with E-state index in [9.17, 15) is 4.79 Å². The van der Waals surface area contributed by atoms with Crippen LogP contribution in [0.2, 0.25) is 0 Å². The lowest BCUT2D eigenvalue weighted by molar-refractivity contribution is -0.125. The highest BCUT2D eigenvalue weighted by atomic mass is 32.1. The summed E-state index contributed by atoms with van der Waals surface area (Å²) in [5.41, 5.74) is 2.50. The van der Waals surface area contributed by atoms with Gasteiger partial charge in [-0.1, -0.05) is 68.4 Å². The van der Waals surface area contributed by atoms with Crippen LogP contribution in [0.1, 0.15) is 36.3 Å². The third-order valence-electron chi connectivity index (χ3n) is 6.42. The molecule has 0 unspecified atom stereocenters. The summed E-state index contributed by atoms with van der Waals surface area (Å²) in [5, 5.41) is 6.06. The third-order valence-corrected chi connectivity index (χ3v) is 7.28. The Kier molecular flexibility index (Phi) is 6.56. The SMILES string of the molecule is CCN(CC)CC[C@]1(c2ccccc2)C(=O)N(N(C)Cc2cccs2)c2ccccc21. The minimum Gasteiger partial charge on any atom is -0.304 e. The fraction of sp³-hybridized carbons (Fsp3) is 0.346. The highest BCUT2D eigenvalue weighted by Gasteiger charge is 2.52. The van der Waals surface area contributed by atoms with Gasteiger partial charge in [0.1, 0.15) is 5.41 Å². The van der Waals surface area contributed by atoms with Gasteiger partial charge in [-0.05, 0) is 54.7 Å². The second-order valence-electron chi connectivity index (χ2n) is 8.08. The number of hydrogen-bond donors (Lipinski definition) is 0. The number of fused-ring (bicyclic) bond motifs is 1. The Morgan fingerprint density at radius 3 is 2.32 bits per heavy atom. The number of benzene rings is 2. The quantitative estimate of drug-likeness (QED) is 0.466. The van der Waals surface area contributed by atoms with Gasteiger partial charge in [-0.25, -0.2) is 10.0 Å². The van der Waals surface area contributed by atoms with Gasteiger partial charge in [0.2, 0.25) is 0 Å². The monoisotopic (exact) mass is 433 g/mol. The molecule has 0 N–H and O–H groups in total. The Morgan fingerprint density at radius 1 is 0.935 bits per heavy atom. The Morgan fingerprint density at radius 2 is 1.65 bits per heavy atom. The number of thiophene rings is 1. The average molecular weight is 434 g/mol. The van der Waals surface area contributed by atoms with Gasteiger partial charge in [-0.15, -0.1) is 11.3 Å². The molecule has 4 rings (SSSR count). The van der Waals surface area contributed by atoms with Gasteiger partial charge in [0.15, 0.2) is 0 Å². The van der Waals surface area contributed by atoms with E-state index in [1.54, 1.807) is 11.3 Å². The molecule has 2 heterocycles. The van der Waals surface area contributed by atoms with Crippen molar-refractivity contribution in [3.63, 3.8) is 0 Å². The van der Waals surface area contributed by atoms with Crippen molar-refractivity contribution < 1.29 is 4.79 Å². The molecule has 4 nitrogen and oxygen atoms in total. The molecule has 1 amide bonds. The van der Waals surface area contributed by atoms with Crippen LogP contribution < -0.4 is 5.01 Å². The second kappa shape index (κ2) is 9.35. The molecule has 31 heavy (non-hydrogen) atoms. The molecule has 1 atom stereocenters. The molecule has 1 aromatic heterocycles. The maximum atomic E-state index is 14.3. The molecule has 2 aromatic carbocycles. The van der Waals surface area contributed by atoms with Crippen LogP contribution in [0.3, 0.4) is 0 Å². The molecule has 0 bridgehead atoms. The first-order valence-electron chi connectivity index (χ1n) is 11.1. The van der Waals surface area contributed by atoms with E-state index < -0.39 is 5.41 Å². The van der Waals surface area contributed by atoms with Crippen molar-refractivity contribution >= 4 is 22.9 Å². The number of carbonyl (C=O) groups is 1. The molecule has 0 fully saturated rings. The van der Waals surface area contributed by atoms with Gasteiger partial charge >= 0.3 is 0 Å². The number of hydrazine groups is 1. The molecule has 1 aliphatic heterocycles. The number of hydrogen-bond acceptors (Lipinski definition) is 4. The molecular weight excluding hydrogens is 402 g/mol. The Hall–Kier alpha value is -2.47. The van der Waals surface area contributed by atoms with E-state index in [1.807, 2.05) is 36.3 Å². The highest BCUT2D eigenvalue weighted by molar-refractivity contribution is 7.09. The summed E-state index contributed by atoms with van der Waals surface area (Å²) in [7, 11) is 2.01. The molecule has 162 valence electrons. The van der Waals surface area contributed by atoms with Gasteiger partial charge in [-0.3, -0.25) is 4.79 Å². The largest absolute Gasteiger partial charge is 0.304 e. The third kappa shape index (κ3) is 3.93. The van der Waals surface area contributed by atoms with Gasteiger partial charge in [-0.2, -0.15) is 0 Å². The zero-order valence-electron chi connectivity index (χ0n) is 18.6. The molecular formula is C26H31N3OS. The van der Waals surface area contributed by atoms with Crippen LogP contribution >= 0.6 is 11.3 Å². The highest BCUT2D eigenvalue weighted by Crippen LogP contribution is 2.49. The van der Waals surface area contributed by atoms with Crippen LogP contribution in [-0.2, 0) is 16.8 Å². The van der Waals surface area contributed by atoms with E-state index in [4.69, 9.17) is 0 Å². The summed E-state index contributed by atoms with van der Waals surface area (Å²) in [6.45, 7) is 7.93. The maximum Gasteiger partial charge on any atom is 0.256 e. The van der Waals surface area contributed by atoms with Crippen molar-refractivity contribution in [3.8, 4) is 0 Å². The summed E-state index contributed by atoms with van der Waals surface area (Å²) in [4.78, 5) is 18.0. The first kappa shape index (κ1) is 21.8. The van der Waals surface area contributed by atoms with E-state index >= 15 is 0 Å². The topological polar surface area (TPSA) is 26.8 Å². The maximum absolute atomic E-state index is 14.3. The molecule has 3 aromatic rings. The van der Waals surface area contributed by atoms with Crippen molar-refractivity contribution in [2.24, 2.45) is 0 Å². The Balaban J connectivity index is 1.79. The first-order valence-corrected chi connectivity index (χ1v) is 11.9. The Labute approximate surface area is 189 Å². The predicted octanol–water partition coefficient (Wildman–Crippen LogP) is 5.16. The van der Waals surface area contributed by atoms with Crippen LogP contribution in [0.15, 0.2) is 72.1 Å². The summed E-state index contributed by atoms with van der Waals surface area (Å²) < 4.78 is 0. The summed E-state index contributed by atoms with van der Waals surface area (Å²) in [5.74, 6) is 0.145. The van der Waals surface area contributed by atoms with E-state index in [-0.39, 0.29) is 5.91 Å². The van der Waals surface area contributed by atoms with Gasteiger partial charge in [0, 0.05) is 11.9 Å². The molecule has 1 aliphatic rings. The van der Waals surface area contributed by atoms with Gasteiger partial charge in [0.05, 0.1) is 12.2 Å². The minimum atomic E-state index is -0.676. The van der Waals surface area contributed by atoms with Crippen LogP contribution in [0, 0.1) is 0 Å². The number of anilines is 1. The van der Waals surface area contributed by atoms with E-state index in [0.29, 0.717) is 6.54 Å². The van der Waals surface area contributed by atoms with Gasteiger partial charge in [0.25, 0.3) is 5.91 Å². The lowest BCUT2D eigenvalue weighted by atomic mass is 9.72. The van der Waals surface area contributed by atoms with E-state index in [1.165, 1.54) is 4.88 Å². The standard InChI is InChI=1S/C26H31N3OS/c1-4-28(5-2)18-17-26(21-12-7-6-8-13-21)23-15-9-10-16-24(23)29(25(26)30)27(3)20-22-14-11-19-31-22/h6-16,19H,4-5,17-18,20H2,1-3H3/t26-/m1/s1. The number of amides is 1. The molecule has 0 saturated heterocycles. The zero-order valence-corrected chi connectivity index (χ0v) is 19.4. The van der Waals surface area contributed by atoms with Crippen LogP contribution in [0.25, 0.3) is 0 Å². The van der Waals surface area contributed by atoms with E-state index in [2.05, 4.69) is 71.6 Å². The van der Waals surface area contributed by atoms with Crippen molar-refractivity contribution in [1.29, 1.82) is 0 Å². The number of para-hydroxylation sites is 1. The van der Waals surface area contributed by atoms with E-state index in [0.717, 1.165) is 42.9 Å². The zero-order chi connectivity index (χ0) is 21.8. The van der Waals surface area contributed by atoms with Crippen molar-refractivity contribution in [1.82, 2.24) is 9.91 Å². The lowest BCUT2D eigenvalue weighted by Crippen LogP contribution is -2.49. The normalized spacial score (nSPS) is 18.2. The summed E-state index contributed by atoms with van der Waals surface area (Å²) in [6.07, 6.45) is 0.762.